The molecule has 0 bridgehead atoms. The van der Waals surface area contributed by atoms with Crippen molar-refractivity contribution in [3.05, 3.63) is 30.1 Å². The normalized spacial score (nSPS) is 21.5. The smallest absolute Gasteiger partial charge is 0.306 e. The first kappa shape index (κ1) is 15.6. The molecule has 1 heterocycles. The molecule has 2 N–H and O–H groups in total. The summed E-state index contributed by atoms with van der Waals surface area (Å²) in [4.78, 5) is 18.8. The van der Waals surface area contributed by atoms with E-state index in [-0.39, 0.29) is 12.0 Å². The molecule has 7 heteroatoms. The van der Waals surface area contributed by atoms with E-state index in [2.05, 4.69) is 15.3 Å². The van der Waals surface area contributed by atoms with Gasteiger partial charge >= 0.3 is 5.97 Å². The lowest BCUT2D eigenvalue weighted by Gasteiger charge is -2.27. The largest absolute Gasteiger partial charge is 0.481 e. The van der Waals surface area contributed by atoms with Gasteiger partial charge in [-0.3, -0.25) is 4.79 Å². The Morgan fingerprint density at radius 1 is 1.17 bits per heavy atom. The third-order valence-corrected chi connectivity index (χ3v) is 4.23. The zero-order valence-electron chi connectivity index (χ0n) is 12.4. The first-order valence-electron chi connectivity index (χ1n) is 7.58. The minimum atomic E-state index is -2.73. The molecule has 0 atom stereocenters. The summed E-state index contributed by atoms with van der Waals surface area (Å²) in [7, 11) is 0. The molecule has 0 spiro atoms. The van der Waals surface area contributed by atoms with Gasteiger partial charge in [-0.05, 0) is 37.8 Å². The van der Waals surface area contributed by atoms with Crippen LogP contribution in [-0.2, 0) is 4.79 Å². The highest BCUT2D eigenvalue weighted by Gasteiger charge is 2.26. The number of para-hydroxylation sites is 1. The Balaban J connectivity index is 1.83. The molecule has 23 heavy (non-hydrogen) atoms. The fraction of sp³-hybridized carbons (Fsp3) is 0.438. The first-order chi connectivity index (χ1) is 11.0. The Bertz CT molecular complexity index is 716. The van der Waals surface area contributed by atoms with Crippen LogP contribution in [0.2, 0.25) is 0 Å². The van der Waals surface area contributed by atoms with Gasteiger partial charge in [-0.1, -0.05) is 12.1 Å². The van der Waals surface area contributed by atoms with Crippen molar-refractivity contribution in [3.8, 4) is 0 Å². The van der Waals surface area contributed by atoms with E-state index in [0.717, 1.165) is 0 Å². The van der Waals surface area contributed by atoms with Crippen molar-refractivity contribution < 1.29 is 18.7 Å². The standard InChI is InChI=1S/C16H17F2N3O2/c17-13(18)15-20-12-4-2-1-3-11(12)14(21-15)19-10-7-5-9(6-8-10)16(22)23/h1-4,9-10,13H,5-8H2,(H,22,23)(H,19,20,21). The van der Waals surface area contributed by atoms with Gasteiger partial charge in [-0.2, -0.15) is 0 Å². The third-order valence-electron chi connectivity index (χ3n) is 4.23. The number of nitrogens with zero attached hydrogens (tertiary/aromatic N) is 2. The minimum Gasteiger partial charge on any atom is -0.481 e. The molecule has 1 saturated carbocycles. The van der Waals surface area contributed by atoms with Crippen molar-refractivity contribution in [1.82, 2.24) is 9.97 Å². The summed E-state index contributed by atoms with van der Waals surface area (Å²) in [6.07, 6.45) is -0.212. The molecule has 0 amide bonds. The van der Waals surface area contributed by atoms with Crippen molar-refractivity contribution in [1.29, 1.82) is 0 Å². The van der Waals surface area contributed by atoms with Gasteiger partial charge in [0.1, 0.15) is 5.82 Å². The molecule has 5 nitrogen and oxygen atoms in total. The average Bonchev–Trinajstić information content (AvgIpc) is 2.55. The maximum atomic E-state index is 13.0. The number of hydrogen-bond donors (Lipinski definition) is 2. The third kappa shape index (κ3) is 3.38. The van der Waals surface area contributed by atoms with E-state index in [9.17, 15) is 13.6 Å². The summed E-state index contributed by atoms with van der Waals surface area (Å²) in [5.74, 6) is -1.18. The highest BCUT2D eigenvalue weighted by atomic mass is 19.3. The molecular weight excluding hydrogens is 304 g/mol. The number of benzene rings is 1. The van der Waals surface area contributed by atoms with Crippen LogP contribution in [0.3, 0.4) is 0 Å². The zero-order chi connectivity index (χ0) is 16.4. The van der Waals surface area contributed by atoms with Crippen LogP contribution in [0.4, 0.5) is 14.6 Å². The Morgan fingerprint density at radius 2 is 1.87 bits per heavy atom. The van der Waals surface area contributed by atoms with Gasteiger partial charge in [0.05, 0.1) is 11.4 Å². The highest BCUT2D eigenvalue weighted by molar-refractivity contribution is 5.89. The second kappa shape index (κ2) is 6.44. The van der Waals surface area contributed by atoms with Crippen LogP contribution in [0.25, 0.3) is 10.9 Å². The van der Waals surface area contributed by atoms with Gasteiger partial charge < -0.3 is 10.4 Å². The summed E-state index contributed by atoms with van der Waals surface area (Å²) in [6.45, 7) is 0. The summed E-state index contributed by atoms with van der Waals surface area (Å²) in [6, 6.07) is 7.05. The van der Waals surface area contributed by atoms with E-state index < -0.39 is 18.2 Å². The number of carboxylic acid groups (broad SMARTS) is 1. The lowest BCUT2D eigenvalue weighted by atomic mass is 9.86. The maximum Gasteiger partial charge on any atom is 0.306 e. The molecule has 1 aliphatic carbocycles. The lowest BCUT2D eigenvalue weighted by molar-refractivity contribution is -0.142. The lowest BCUT2D eigenvalue weighted by Crippen LogP contribution is -2.29. The number of aliphatic carboxylic acids is 1. The van der Waals surface area contributed by atoms with Crippen LogP contribution >= 0.6 is 0 Å². The van der Waals surface area contributed by atoms with Gasteiger partial charge in [0.2, 0.25) is 0 Å². The van der Waals surface area contributed by atoms with Gasteiger partial charge in [0.25, 0.3) is 6.43 Å². The fourth-order valence-corrected chi connectivity index (χ4v) is 2.98. The summed E-state index contributed by atoms with van der Waals surface area (Å²) >= 11 is 0. The molecule has 3 rings (SSSR count). The Kier molecular flexibility index (Phi) is 4.36. The summed E-state index contributed by atoms with van der Waals surface area (Å²) in [5, 5.41) is 12.9. The molecule has 1 fully saturated rings. The number of alkyl halides is 2. The van der Waals surface area contributed by atoms with E-state index >= 15 is 0 Å². The zero-order valence-corrected chi connectivity index (χ0v) is 12.4. The number of hydrogen-bond acceptors (Lipinski definition) is 4. The summed E-state index contributed by atoms with van der Waals surface area (Å²) in [5.41, 5.74) is 0.472. The number of anilines is 1. The number of rotatable bonds is 4. The molecule has 122 valence electrons. The summed E-state index contributed by atoms with van der Waals surface area (Å²) < 4.78 is 26.0. The van der Waals surface area contributed by atoms with E-state index in [1.165, 1.54) is 0 Å². The average molecular weight is 321 g/mol. The van der Waals surface area contributed by atoms with Crippen LogP contribution in [0.5, 0.6) is 0 Å². The molecular formula is C16H17F2N3O2. The predicted octanol–water partition coefficient (Wildman–Crippen LogP) is 3.62. The number of carbonyl (C=O) groups is 1. The van der Waals surface area contributed by atoms with E-state index in [0.29, 0.717) is 42.4 Å². The fourth-order valence-electron chi connectivity index (χ4n) is 2.98. The number of aromatic nitrogens is 2. The van der Waals surface area contributed by atoms with Gasteiger partial charge in [0, 0.05) is 11.4 Å². The van der Waals surface area contributed by atoms with E-state index in [1.54, 1.807) is 24.3 Å². The van der Waals surface area contributed by atoms with Crippen LogP contribution in [-0.4, -0.2) is 27.1 Å². The van der Waals surface area contributed by atoms with E-state index in [1.807, 2.05) is 0 Å². The van der Waals surface area contributed by atoms with Crippen molar-refractivity contribution in [3.63, 3.8) is 0 Å². The molecule has 0 radical (unpaired) electrons. The van der Waals surface area contributed by atoms with E-state index in [4.69, 9.17) is 5.11 Å². The van der Waals surface area contributed by atoms with Crippen LogP contribution < -0.4 is 5.32 Å². The number of carboxylic acids is 1. The second-order valence-electron chi connectivity index (χ2n) is 5.78. The SMILES string of the molecule is O=C(O)C1CCC(Nc2nc(C(F)F)nc3ccccc23)CC1. The molecule has 1 aromatic carbocycles. The molecule has 1 aliphatic rings. The molecule has 2 aromatic rings. The Morgan fingerprint density at radius 3 is 2.52 bits per heavy atom. The van der Waals surface area contributed by atoms with Crippen molar-refractivity contribution in [2.24, 2.45) is 5.92 Å². The van der Waals surface area contributed by atoms with Crippen LogP contribution in [0.15, 0.2) is 24.3 Å². The predicted molar refractivity (Wildman–Crippen MR) is 81.5 cm³/mol. The van der Waals surface area contributed by atoms with Gasteiger partial charge in [-0.15, -0.1) is 0 Å². The topological polar surface area (TPSA) is 75.1 Å². The minimum absolute atomic E-state index is 0.0365. The Labute approximate surface area is 131 Å². The highest BCUT2D eigenvalue weighted by Crippen LogP contribution is 2.29. The maximum absolute atomic E-state index is 13.0. The van der Waals surface area contributed by atoms with Crippen LogP contribution in [0.1, 0.15) is 37.9 Å². The molecule has 0 unspecified atom stereocenters. The second-order valence-corrected chi connectivity index (χ2v) is 5.78. The van der Waals surface area contributed by atoms with Crippen molar-refractivity contribution in [2.75, 3.05) is 5.32 Å². The molecule has 0 saturated heterocycles. The van der Waals surface area contributed by atoms with Crippen molar-refractivity contribution in [2.45, 2.75) is 38.2 Å². The molecule has 0 aliphatic heterocycles. The van der Waals surface area contributed by atoms with Crippen LogP contribution in [0, 0.1) is 5.92 Å². The first-order valence-corrected chi connectivity index (χ1v) is 7.58. The number of fused-ring (bicyclic) bond motifs is 1. The van der Waals surface area contributed by atoms with Gasteiger partial charge in [0.15, 0.2) is 5.82 Å². The Hall–Kier alpha value is -2.31. The quantitative estimate of drug-likeness (QED) is 0.899. The monoisotopic (exact) mass is 321 g/mol. The van der Waals surface area contributed by atoms with Gasteiger partial charge in [-0.25, -0.2) is 18.7 Å². The van der Waals surface area contributed by atoms with Crippen molar-refractivity contribution >= 4 is 22.7 Å². The number of halogens is 2. The number of nitrogens with one attached hydrogen (secondary N) is 1. The molecule has 1 aromatic heterocycles.